The molecule has 1 aliphatic heterocycles. The van der Waals surface area contributed by atoms with Crippen molar-refractivity contribution < 1.29 is 9.59 Å². The number of nitrogens with zero attached hydrogens (tertiary/aromatic N) is 1. The molecule has 0 radical (unpaired) electrons. The lowest BCUT2D eigenvalue weighted by atomic mass is 9.84. The highest BCUT2D eigenvalue weighted by atomic mass is 32.2. The summed E-state index contributed by atoms with van der Waals surface area (Å²) in [6.45, 7) is 2.44. The van der Waals surface area contributed by atoms with E-state index in [1.807, 2.05) is 79.9 Å². The largest absolute Gasteiger partial charge is 0.324 e. The zero-order valence-corrected chi connectivity index (χ0v) is 19.3. The summed E-state index contributed by atoms with van der Waals surface area (Å²) < 4.78 is 0. The normalized spacial score (nSPS) is 17.5. The first-order valence-electron chi connectivity index (χ1n) is 10.9. The molecule has 0 aliphatic carbocycles. The summed E-state index contributed by atoms with van der Waals surface area (Å²) in [6.07, 6.45) is 4.32. The number of carbonyl (C=O) groups is 2. The fourth-order valence-electron chi connectivity index (χ4n) is 4.08. The maximum Gasteiger partial charge on any atom is 0.255 e. The average molecular weight is 445 g/mol. The number of likely N-dealkylation sites (tertiary alicyclic amines) is 1. The van der Waals surface area contributed by atoms with Gasteiger partial charge in [0.15, 0.2) is 0 Å². The van der Waals surface area contributed by atoms with Crippen LogP contribution in [0.2, 0.25) is 0 Å². The molecule has 5 heteroatoms. The predicted octanol–water partition coefficient (Wildman–Crippen LogP) is 5.44. The molecule has 3 aromatic carbocycles. The van der Waals surface area contributed by atoms with Gasteiger partial charge in [0.25, 0.3) is 5.91 Å². The van der Waals surface area contributed by atoms with Gasteiger partial charge in [0.2, 0.25) is 5.91 Å². The summed E-state index contributed by atoms with van der Waals surface area (Å²) in [7, 11) is 0. The van der Waals surface area contributed by atoms with E-state index in [0.717, 1.165) is 29.0 Å². The molecule has 1 saturated heterocycles. The van der Waals surface area contributed by atoms with E-state index in [4.69, 9.17) is 0 Å². The third kappa shape index (κ3) is 4.58. The van der Waals surface area contributed by atoms with Gasteiger partial charge in [0.05, 0.1) is 0 Å². The number of nitrogens with one attached hydrogen (secondary N) is 1. The SMILES string of the molecule is CSc1ccc(NC(=O)C2(C)CCN2C(=O)c2ccccc2CCc2ccccc2)cc1. The van der Waals surface area contributed by atoms with Crippen molar-refractivity contribution in [1.29, 1.82) is 0 Å². The number of aryl methyl sites for hydroxylation is 2. The van der Waals surface area contributed by atoms with E-state index in [9.17, 15) is 9.59 Å². The molecule has 1 unspecified atom stereocenters. The minimum Gasteiger partial charge on any atom is -0.324 e. The Kier molecular flexibility index (Phi) is 6.66. The molecule has 4 nitrogen and oxygen atoms in total. The van der Waals surface area contributed by atoms with Gasteiger partial charge in [-0.1, -0.05) is 48.5 Å². The monoisotopic (exact) mass is 444 g/mol. The molecule has 0 spiro atoms. The Morgan fingerprint density at radius 1 is 0.938 bits per heavy atom. The summed E-state index contributed by atoms with van der Waals surface area (Å²) in [5.74, 6) is -0.217. The van der Waals surface area contributed by atoms with E-state index in [1.54, 1.807) is 16.7 Å². The van der Waals surface area contributed by atoms with Crippen LogP contribution >= 0.6 is 11.8 Å². The second kappa shape index (κ2) is 9.61. The maximum atomic E-state index is 13.5. The summed E-state index contributed by atoms with van der Waals surface area (Å²) in [6, 6.07) is 25.8. The summed E-state index contributed by atoms with van der Waals surface area (Å²) in [5, 5.41) is 2.99. The van der Waals surface area contributed by atoms with Crippen LogP contribution in [0.1, 0.15) is 34.8 Å². The first-order chi connectivity index (χ1) is 15.5. The smallest absolute Gasteiger partial charge is 0.255 e. The van der Waals surface area contributed by atoms with Crippen molar-refractivity contribution in [3.8, 4) is 0 Å². The number of hydrogen-bond acceptors (Lipinski definition) is 3. The number of benzene rings is 3. The molecule has 0 aromatic heterocycles. The van der Waals surface area contributed by atoms with Crippen molar-refractivity contribution in [2.24, 2.45) is 0 Å². The molecule has 4 rings (SSSR count). The molecule has 0 saturated carbocycles. The lowest BCUT2D eigenvalue weighted by Crippen LogP contribution is -2.66. The Morgan fingerprint density at radius 3 is 2.28 bits per heavy atom. The van der Waals surface area contributed by atoms with E-state index in [1.165, 1.54) is 5.56 Å². The Labute approximate surface area is 194 Å². The first-order valence-corrected chi connectivity index (χ1v) is 12.1. The predicted molar refractivity (Wildman–Crippen MR) is 131 cm³/mol. The molecular weight excluding hydrogens is 416 g/mol. The molecule has 1 N–H and O–H groups in total. The standard InChI is InChI=1S/C27H28N2O2S/c1-27(26(31)28-22-14-16-23(32-2)17-15-22)18-19-29(27)25(30)24-11-7-6-10-21(24)13-12-20-8-4-3-5-9-20/h3-11,14-17H,12-13,18-19H2,1-2H3,(H,28,31). The second-order valence-corrected chi connectivity index (χ2v) is 9.19. The van der Waals surface area contributed by atoms with E-state index < -0.39 is 5.54 Å². The van der Waals surface area contributed by atoms with Crippen molar-refractivity contribution in [3.63, 3.8) is 0 Å². The quantitative estimate of drug-likeness (QED) is 0.494. The maximum absolute atomic E-state index is 13.5. The van der Waals surface area contributed by atoms with E-state index in [-0.39, 0.29) is 11.8 Å². The number of rotatable bonds is 7. The summed E-state index contributed by atoms with van der Waals surface area (Å²) in [4.78, 5) is 29.4. The highest BCUT2D eigenvalue weighted by molar-refractivity contribution is 7.98. The zero-order valence-electron chi connectivity index (χ0n) is 18.5. The Balaban J connectivity index is 1.47. The van der Waals surface area contributed by atoms with Gasteiger partial charge >= 0.3 is 0 Å². The van der Waals surface area contributed by atoms with Crippen LogP contribution in [0.15, 0.2) is 83.8 Å². The van der Waals surface area contributed by atoms with Crippen LogP contribution in [-0.4, -0.2) is 35.1 Å². The molecular formula is C27H28N2O2S. The van der Waals surface area contributed by atoms with Gasteiger partial charge in [0, 0.05) is 22.7 Å². The van der Waals surface area contributed by atoms with Crippen LogP contribution in [0.4, 0.5) is 5.69 Å². The second-order valence-electron chi connectivity index (χ2n) is 8.31. The molecule has 32 heavy (non-hydrogen) atoms. The topological polar surface area (TPSA) is 49.4 Å². The van der Waals surface area contributed by atoms with Gasteiger partial charge in [-0.25, -0.2) is 0 Å². The van der Waals surface area contributed by atoms with Gasteiger partial charge in [-0.3, -0.25) is 9.59 Å². The first kappa shape index (κ1) is 22.2. The summed E-state index contributed by atoms with van der Waals surface area (Å²) in [5.41, 5.74) is 2.85. The number of amides is 2. The number of hydrogen-bond donors (Lipinski definition) is 1. The van der Waals surface area contributed by atoms with Crippen molar-refractivity contribution in [2.75, 3.05) is 18.1 Å². The Bertz CT molecular complexity index is 1100. The van der Waals surface area contributed by atoms with Gasteiger partial charge in [-0.05, 0) is 73.9 Å². The van der Waals surface area contributed by atoms with Gasteiger partial charge in [-0.2, -0.15) is 0 Å². The molecule has 0 bridgehead atoms. The fourth-order valence-corrected chi connectivity index (χ4v) is 4.49. The lowest BCUT2D eigenvalue weighted by Gasteiger charge is -2.49. The van der Waals surface area contributed by atoms with E-state index in [2.05, 4.69) is 17.4 Å². The zero-order chi connectivity index (χ0) is 22.6. The molecule has 3 aromatic rings. The molecule has 1 fully saturated rings. The lowest BCUT2D eigenvalue weighted by molar-refractivity contribution is -0.132. The highest BCUT2D eigenvalue weighted by Gasteiger charge is 2.49. The average Bonchev–Trinajstić information content (AvgIpc) is 2.82. The highest BCUT2D eigenvalue weighted by Crippen LogP contribution is 2.34. The fraction of sp³-hybridized carbons (Fsp3) is 0.259. The van der Waals surface area contributed by atoms with Crippen LogP contribution < -0.4 is 5.32 Å². The van der Waals surface area contributed by atoms with Crippen LogP contribution in [0.25, 0.3) is 0 Å². The third-order valence-electron chi connectivity index (χ3n) is 6.27. The van der Waals surface area contributed by atoms with Crippen molar-refractivity contribution in [1.82, 2.24) is 4.90 Å². The molecule has 164 valence electrons. The third-order valence-corrected chi connectivity index (χ3v) is 7.02. The Hall–Kier alpha value is -3.05. The molecule has 1 heterocycles. The van der Waals surface area contributed by atoms with Crippen LogP contribution in [0, 0.1) is 0 Å². The van der Waals surface area contributed by atoms with Crippen LogP contribution in [0.5, 0.6) is 0 Å². The molecule has 2 amide bonds. The van der Waals surface area contributed by atoms with E-state index >= 15 is 0 Å². The number of thioether (sulfide) groups is 1. The van der Waals surface area contributed by atoms with Crippen LogP contribution in [-0.2, 0) is 17.6 Å². The van der Waals surface area contributed by atoms with Crippen molar-refractivity contribution in [3.05, 3.63) is 95.6 Å². The summed E-state index contributed by atoms with van der Waals surface area (Å²) >= 11 is 1.66. The van der Waals surface area contributed by atoms with Crippen molar-refractivity contribution in [2.45, 2.75) is 36.6 Å². The Morgan fingerprint density at radius 2 is 1.62 bits per heavy atom. The number of carbonyl (C=O) groups excluding carboxylic acids is 2. The van der Waals surface area contributed by atoms with Gasteiger partial charge < -0.3 is 10.2 Å². The van der Waals surface area contributed by atoms with E-state index in [0.29, 0.717) is 18.5 Å². The van der Waals surface area contributed by atoms with Gasteiger partial charge in [0.1, 0.15) is 5.54 Å². The minimum atomic E-state index is -0.845. The van der Waals surface area contributed by atoms with Gasteiger partial charge in [-0.15, -0.1) is 11.8 Å². The number of anilines is 1. The minimum absolute atomic E-state index is 0.0738. The van der Waals surface area contributed by atoms with Crippen molar-refractivity contribution >= 4 is 29.3 Å². The molecule has 1 atom stereocenters. The molecule has 1 aliphatic rings. The van der Waals surface area contributed by atoms with Crippen LogP contribution in [0.3, 0.4) is 0 Å².